The topological polar surface area (TPSA) is 35.6 Å². The number of carbonyl (C=O) groups is 1. The maximum atomic E-state index is 12.2. The van der Waals surface area contributed by atoms with Crippen LogP contribution in [0.25, 0.3) is 0 Å². The molecule has 4 nitrogen and oxygen atoms in total. The summed E-state index contributed by atoms with van der Waals surface area (Å²) in [6, 6.07) is 10.3. The molecule has 1 aromatic carbocycles. The molecule has 0 radical (unpaired) electrons. The molecular weight excluding hydrogens is 318 g/mol. The van der Waals surface area contributed by atoms with Crippen molar-refractivity contribution in [2.45, 2.75) is 25.8 Å². The number of hydrogen-bond donors (Lipinski definition) is 1. The van der Waals surface area contributed by atoms with Crippen molar-refractivity contribution in [3.63, 3.8) is 0 Å². The van der Waals surface area contributed by atoms with Gasteiger partial charge in [0.2, 0.25) is 5.91 Å². The Morgan fingerprint density at radius 1 is 1.17 bits per heavy atom. The number of nitrogens with one attached hydrogen (secondary N) is 1. The second kappa shape index (κ2) is 8.31. The van der Waals surface area contributed by atoms with Crippen LogP contribution in [-0.4, -0.2) is 37.5 Å². The fraction of sp³-hybridized carbons (Fsp3) is 0.421. The zero-order valence-electron chi connectivity index (χ0n) is 14.2. The summed E-state index contributed by atoms with van der Waals surface area (Å²) in [5.41, 5.74) is 3.37. The molecule has 1 aromatic heterocycles. The molecule has 1 saturated heterocycles. The quantitative estimate of drug-likeness (QED) is 0.866. The third kappa shape index (κ3) is 4.82. The summed E-state index contributed by atoms with van der Waals surface area (Å²) >= 11 is 1.68. The van der Waals surface area contributed by atoms with Gasteiger partial charge in [0.1, 0.15) is 0 Å². The number of benzene rings is 1. The Labute approximate surface area is 148 Å². The van der Waals surface area contributed by atoms with Gasteiger partial charge in [0.25, 0.3) is 0 Å². The lowest BCUT2D eigenvalue weighted by atomic mass is 10.1. The first kappa shape index (κ1) is 17.0. The average molecular weight is 343 g/mol. The van der Waals surface area contributed by atoms with Crippen LogP contribution < -0.4 is 10.2 Å². The van der Waals surface area contributed by atoms with Crippen LogP contribution in [0.5, 0.6) is 0 Å². The Bertz CT molecular complexity index is 633. The Balaban J connectivity index is 1.48. The number of likely N-dealkylation sites (N-methyl/N-ethyl adjacent to an activating group) is 1. The predicted molar refractivity (Wildman–Crippen MR) is 102 cm³/mol. The van der Waals surface area contributed by atoms with E-state index in [0.717, 1.165) is 25.3 Å². The summed E-state index contributed by atoms with van der Waals surface area (Å²) in [6.07, 6.45) is 3.88. The van der Waals surface area contributed by atoms with Gasteiger partial charge in [-0.05, 0) is 73.0 Å². The van der Waals surface area contributed by atoms with Crippen LogP contribution in [0.15, 0.2) is 41.1 Å². The Hall–Kier alpha value is -1.85. The standard InChI is InChI=1S/C19H25N3OS/c1-21(13-16-9-12-24-15-16)14-19(23)20-17-5-7-18(8-6-17)22-10-3-2-4-11-22/h5-9,12,15H,2-4,10-11,13-14H2,1H3,(H,20,23). The molecule has 1 aliphatic rings. The fourth-order valence-electron chi connectivity index (χ4n) is 3.10. The summed E-state index contributed by atoms with van der Waals surface area (Å²) in [5.74, 6) is 0.0263. The number of anilines is 2. The summed E-state index contributed by atoms with van der Waals surface area (Å²) < 4.78 is 0. The largest absolute Gasteiger partial charge is 0.372 e. The maximum Gasteiger partial charge on any atom is 0.238 e. The van der Waals surface area contributed by atoms with E-state index in [2.05, 4.69) is 39.2 Å². The van der Waals surface area contributed by atoms with Crippen molar-refractivity contribution in [2.24, 2.45) is 0 Å². The number of hydrogen-bond acceptors (Lipinski definition) is 4. The van der Waals surface area contributed by atoms with Gasteiger partial charge < -0.3 is 10.2 Å². The van der Waals surface area contributed by atoms with Gasteiger partial charge in [0.15, 0.2) is 0 Å². The van der Waals surface area contributed by atoms with Gasteiger partial charge in [-0.3, -0.25) is 9.69 Å². The molecule has 3 rings (SSSR count). The SMILES string of the molecule is CN(CC(=O)Nc1ccc(N2CCCCC2)cc1)Cc1ccsc1. The zero-order valence-corrected chi connectivity index (χ0v) is 15.0. The first-order valence-corrected chi connectivity index (χ1v) is 9.49. The lowest BCUT2D eigenvalue weighted by Gasteiger charge is -2.28. The Kier molecular flexibility index (Phi) is 5.88. The normalized spacial score (nSPS) is 14.8. The molecule has 1 amide bonds. The van der Waals surface area contributed by atoms with Gasteiger partial charge in [-0.15, -0.1) is 0 Å². The molecule has 2 aromatic rings. The monoisotopic (exact) mass is 343 g/mol. The highest BCUT2D eigenvalue weighted by Crippen LogP contribution is 2.21. The minimum atomic E-state index is 0.0263. The highest BCUT2D eigenvalue weighted by Gasteiger charge is 2.11. The lowest BCUT2D eigenvalue weighted by Crippen LogP contribution is -2.30. The van der Waals surface area contributed by atoms with Crippen molar-refractivity contribution in [1.29, 1.82) is 0 Å². The second-order valence-electron chi connectivity index (χ2n) is 6.45. The number of rotatable bonds is 6. The van der Waals surface area contributed by atoms with Crippen LogP contribution in [0.2, 0.25) is 0 Å². The van der Waals surface area contributed by atoms with E-state index in [1.807, 2.05) is 24.1 Å². The Morgan fingerprint density at radius 3 is 2.58 bits per heavy atom. The van der Waals surface area contributed by atoms with E-state index in [-0.39, 0.29) is 5.91 Å². The van der Waals surface area contributed by atoms with Crippen LogP contribution in [0.4, 0.5) is 11.4 Å². The molecule has 128 valence electrons. The van der Waals surface area contributed by atoms with E-state index in [9.17, 15) is 4.79 Å². The third-order valence-electron chi connectivity index (χ3n) is 4.32. The molecule has 1 fully saturated rings. The van der Waals surface area contributed by atoms with Crippen LogP contribution in [0, 0.1) is 0 Å². The number of thiophene rings is 1. The molecule has 1 N–H and O–H groups in total. The van der Waals surface area contributed by atoms with E-state index < -0.39 is 0 Å². The molecule has 0 atom stereocenters. The second-order valence-corrected chi connectivity index (χ2v) is 7.23. The zero-order chi connectivity index (χ0) is 16.8. The van der Waals surface area contributed by atoms with Crippen LogP contribution in [-0.2, 0) is 11.3 Å². The van der Waals surface area contributed by atoms with Crippen molar-refractivity contribution in [3.05, 3.63) is 46.7 Å². The number of piperidine rings is 1. The van der Waals surface area contributed by atoms with E-state index in [0.29, 0.717) is 6.54 Å². The molecule has 0 unspecified atom stereocenters. The van der Waals surface area contributed by atoms with Crippen LogP contribution in [0.1, 0.15) is 24.8 Å². The maximum absolute atomic E-state index is 12.2. The minimum Gasteiger partial charge on any atom is -0.372 e. The molecule has 0 spiro atoms. The fourth-order valence-corrected chi connectivity index (χ4v) is 3.76. The van der Waals surface area contributed by atoms with Crippen molar-refractivity contribution >= 4 is 28.6 Å². The molecule has 24 heavy (non-hydrogen) atoms. The molecule has 2 heterocycles. The number of nitrogens with zero attached hydrogens (tertiary/aromatic N) is 2. The predicted octanol–water partition coefficient (Wildman–Crippen LogP) is 3.81. The third-order valence-corrected chi connectivity index (χ3v) is 5.05. The highest BCUT2D eigenvalue weighted by molar-refractivity contribution is 7.07. The number of carbonyl (C=O) groups excluding carboxylic acids is 1. The molecule has 0 aliphatic carbocycles. The molecule has 0 bridgehead atoms. The first-order chi connectivity index (χ1) is 11.7. The Morgan fingerprint density at radius 2 is 1.92 bits per heavy atom. The molecule has 0 saturated carbocycles. The lowest BCUT2D eigenvalue weighted by molar-refractivity contribution is -0.117. The van der Waals surface area contributed by atoms with Crippen molar-refractivity contribution < 1.29 is 4.79 Å². The van der Waals surface area contributed by atoms with Crippen LogP contribution in [0.3, 0.4) is 0 Å². The molecule has 1 aliphatic heterocycles. The van der Waals surface area contributed by atoms with Crippen molar-refractivity contribution in [2.75, 3.05) is 36.9 Å². The average Bonchev–Trinajstić information content (AvgIpc) is 3.09. The summed E-state index contributed by atoms with van der Waals surface area (Å²) in [6.45, 7) is 3.46. The number of amides is 1. The summed E-state index contributed by atoms with van der Waals surface area (Å²) in [4.78, 5) is 16.6. The van der Waals surface area contributed by atoms with E-state index in [4.69, 9.17) is 0 Å². The smallest absolute Gasteiger partial charge is 0.238 e. The minimum absolute atomic E-state index is 0.0263. The summed E-state index contributed by atoms with van der Waals surface area (Å²) in [5, 5.41) is 7.17. The van der Waals surface area contributed by atoms with Gasteiger partial charge in [-0.2, -0.15) is 11.3 Å². The first-order valence-electron chi connectivity index (χ1n) is 8.55. The van der Waals surface area contributed by atoms with Gasteiger partial charge in [0, 0.05) is 31.0 Å². The van der Waals surface area contributed by atoms with Gasteiger partial charge in [-0.25, -0.2) is 0 Å². The van der Waals surface area contributed by atoms with Gasteiger partial charge >= 0.3 is 0 Å². The van der Waals surface area contributed by atoms with Crippen molar-refractivity contribution in [3.8, 4) is 0 Å². The van der Waals surface area contributed by atoms with Crippen LogP contribution >= 0.6 is 11.3 Å². The van der Waals surface area contributed by atoms with Crippen molar-refractivity contribution in [1.82, 2.24) is 4.90 Å². The summed E-state index contributed by atoms with van der Waals surface area (Å²) in [7, 11) is 1.97. The van der Waals surface area contributed by atoms with Gasteiger partial charge in [0.05, 0.1) is 6.54 Å². The highest BCUT2D eigenvalue weighted by atomic mass is 32.1. The van der Waals surface area contributed by atoms with Gasteiger partial charge in [-0.1, -0.05) is 0 Å². The van der Waals surface area contributed by atoms with E-state index in [1.54, 1.807) is 11.3 Å². The van der Waals surface area contributed by atoms with E-state index >= 15 is 0 Å². The van der Waals surface area contributed by atoms with E-state index in [1.165, 1.54) is 30.5 Å². The molecular formula is C19H25N3OS. The molecule has 5 heteroatoms.